The lowest BCUT2D eigenvalue weighted by atomic mass is 10.2. The third-order valence-corrected chi connectivity index (χ3v) is 1.68. The number of aromatic nitrogens is 1. The molecule has 0 unspecified atom stereocenters. The van der Waals surface area contributed by atoms with E-state index in [0.717, 1.165) is 6.20 Å². The normalized spacial score (nSPS) is 9.64. The molecule has 14 heavy (non-hydrogen) atoms. The highest BCUT2D eigenvalue weighted by molar-refractivity contribution is 5.72. The molecule has 0 aliphatic heterocycles. The van der Waals surface area contributed by atoms with Crippen molar-refractivity contribution in [3.63, 3.8) is 0 Å². The number of hydrogen-bond donors (Lipinski definition) is 0. The molecule has 1 aromatic heterocycles. The minimum atomic E-state index is -0.545. The van der Waals surface area contributed by atoms with Gasteiger partial charge < -0.3 is 9.47 Å². The van der Waals surface area contributed by atoms with E-state index in [4.69, 9.17) is 4.74 Å². The topological polar surface area (TPSA) is 48.4 Å². The number of carbonyl (C=O) groups is 1. The Kier molecular flexibility index (Phi) is 3.39. The van der Waals surface area contributed by atoms with E-state index >= 15 is 0 Å². The zero-order chi connectivity index (χ0) is 10.6. The van der Waals surface area contributed by atoms with Crippen LogP contribution in [0.2, 0.25) is 0 Å². The molecular formula is C9H10FNO3. The number of hydrogen-bond acceptors (Lipinski definition) is 4. The van der Waals surface area contributed by atoms with E-state index in [2.05, 4.69) is 9.72 Å². The fraction of sp³-hybridized carbons (Fsp3) is 0.333. The summed E-state index contributed by atoms with van der Waals surface area (Å²) < 4.78 is 22.3. The molecule has 0 amide bonds. The van der Waals surface area contributed by atoms with Gasteiger partial charge in [-0.15, -0.1) is 0 Å². The van der Waals surface area contributed by atoms with Gasteiger partial charge in [-0.05, 0) is 0 Å². The van der Waals surface area contributed by atoms with Crippen molar-refractivity contribution in [2.24, 2.45) is 0 Å². The summed E-state index contributed by atoms with van der Waals surface area (Å²) in [7, 11) is 2.67. The van der Waals surface area contributed by atoms with Gasteiger partial charge in [-0.3, -0.25) is 4.79 Å². The van der Waals surface area contributed by atoms with Gasteiger partial charge in [-0.25, -0.2) is 9.37 Å². The Bertz CT molecular complexity index is 341. The molecule has 1 heterocycles. The van der Waals surface area contributed by atoms with Crippen LogP contribution in [0.5, 0.6) is 5.88 Å². The van der Waals surface area contributed by atoms with E-state index in [0.29, 0.717) is 0 Å². The van der Waals surface area contributed by atoms with Gasteiger partial charge in [0.15, 0.2) is 0 Å². The molecule has 1 rings (SSSR count). The van der Waals surface area contributed by atoms with Crippen LogP contribution in [-0.4, -0.2) is 25.2 Å². The van der Waals surface area contributed by atoms with Crippen LogP contribution in [0.3, 0.4) is 0 Å². The highest BCUT2D eigenvalue weighted by Crippen LogP contribution is 2.13. The third-order valence-electron chi connectivity index (χ3n) is 1.68. The number of methoxy groups -OCH3 is 2. The van der Waals surface area contributed by atoms with Crippen molar-refractivity contribution >= 4 is 5.97 Å². The van der Waals surface area contributed by atoms with E-state index in [1.165, 1.54) is 20.3 Å². The largest absolute Gasteiger partial charge is 0.481 e. The molecule has 0 saturated carbocycles. The molecule has 76 valence electrons. The van der Waals surface area contributed by atoms with Gasteiger partial charge in [-0.1, -0.05) is 0 Å². The Morgan fingerprint density at radius 2 is 2.29 bits per heavy atom. The van der Waals surface area contributed by atoms with E-state index in [1.807, 2.05) is 0 Å². The first-order chi connectivity index (χ1) is 6.67. The van der Waals surface area contributed by atoms with Crippen molar-refractivity contribution < 1.29 is 18.7 Å². The Hall–Kier alpha value is -1.65. The minimum Gasteiger partial charge on any atom is -0.481 e. The summed E-state index contributed by atoms with van der Waals surface area (Å²) in [4.78, 5) is 14.5. The predicted octanol–water partition coefficient (Wildman–Crippen LogP) is 0.945. The Morgan fingerprint density at radius 3 is 2.86 bits per heavy atom. The zero-order valence-electron chi connectivity index (χ0n) is 7.91. The average Bonchev–Trinajstić information content (AvgIpc) is 2.21. The maximum atomic E-state index is 13.1. The minimum absolute atomic E-state index is 0.124. The van der Waals surface area contributed by atoms with Crippen LogP contribution in [0, 0.1) is 5.82 Å². The van der Waals surface area contributed by atoms with Crippen LogP contribution >= 0.6 is 0 Å². The number of nitrogens with zero attached hydrogens (tertiary/aromatic N) is 1. The Labute approximate surface area is 80.7 Å². The van der Waals surface area contributed by atoms with Crippen molar-refractivity contribution in [1.82, 2.24) is 4.98 Å². The summed E-state index contributed by atoms with van der Waals surface area (Å²) in [6.45, 7) is 0. The first kappa shape index (κ1) is 10.4. The molecule has 0 N–H and O–H groups in total. The number of carbonyl (C=O) groups excluding carboxylic acids is 1. The van der Waals surface area contributed by atoms with Crippen molar-refractivity contribution in [2.75, 3.05) is 14.2 Å². The predicted molar refractivity (Wildman–Crippen MR) is 46.5 cm³/mol. The monoisotopic (exact) mass is 199 g/mol. The molecule has 0 aliphatic carbocycles. The van der Waals surface area contributed by atoms with Gasteiger partial charge >= 0.3 is 5.97 Å². The fourth-order valence-corrected chi connectivity index (χ4v) is 0.933. The van der Waals surface area contributed by atoms with Crippen molar-refractivity contribution in [3.05, 3.63) is 23.6 Å². The van der Waals surface area contributed by atoms with Crippen LogP contribution in [0.25, 0.3) is 0 Å². The molecule has 0 atom stereocenters. The number of ether oxygens (including phenoxy) is 2. The Morgan fingerprint density at radius 1 is 1.57 bits per heavy atom. The van der Waals surface area contributed by atoms with Gasteiger partial charge in [0, 0.05) is 11.6 Å². The number of esters is 1. The standard InChI is InChI=1S/C9H10FNO3/c1-13-8-3-6(4-9(12)14-2)7(10)5-11-8/h3,5H,4H2,1-2H3. The average molecular weight is 199 g/mol. The van der Waals surface area contributed by atoms with Gasteiger partial charge in [-0.2, -0.15) is 0 Å². The highest BCUT2D eigenvalue weighted by atomic mass is 19.1. The summed E-state index contributed by atoms with van der Waals surface area (Å²) in [5.41, 5.74) is 0.212. The van der Waals surface area contributed by atoms with Gasteiger partial charge in [0.25, 0.3) is 0 Å². The quantitative estimate of drug-likeness (QED) is 0.680. The third kappa shape index (κ3) is 2.42. The van der Waals surface area contributed by atoms with Crippen molar-refractivity contribution in [2.45, 2.75) is 6.42 Å². The summed E-state index contributed by atoms with van der Waals surface area (Å²) in [6.07, 6.45) is 0.887. The number of halogens is 1. The van der Waals surface area contributed by atoms with Crippen LogP contribution < -0.4 is 4.74 Å². The van der Waals surface area contributed by atoms with E-state index < -0.39 is 11.8 Å². The van der Waals surface area contributed by atoms with E-state index in [9.17, 15) is 9.18 Å². The molecule has 0 aliphatic rings. The van der Waals surface area contributed by atoms with Crippen molar-refractivity contribution in [3.8, 4) is 5.88 Å². The van der Waals surface area contributed by atoms with Gasteiger partial charge in [0.1, 0.15) is 5.82 Å². The summed E-state index contributed by atoms with van der Waals surface area (Å²) in [6, 6.07) is 1.37. The molecule has 0 bridgehead atoms. The van der Waals surface area contributed by atoms with Gasteiger partial charge in [0.2, 0.25) is 5.88 Å². The summed E-state index contributed by atoms with van der Waals surface area (Å²) >= 11 is 0. The molecule has 1 aromatic rings. The maximum absolute atomic E-state index is 13.1. The Balaban J connectivity index is 2.89. The number of rotatable bonds is 3. The van der Waals surface area contributed by atoms with Crippen LogP contribution in [-0.2, 0) is 16.0 Å². The fourth-order valence-electron chi connectivity index (χ4n) is 0.933. The maximum Gasteiger partial charge on any atom is 0.310 e. The van der Waals surface area contributed by atoms with E-state index in [-0.39, 0.29) is 17.9 Å². The number of pyridine rings is 1. The lowest BCUT2D eigenvalue weighted by Gasteiger charge is -2.03. The molecular weight excluding hydrogens is 189 g/mol. The SMILES string of the molecule is COC(=O)Cc1cc(OC)ncc1F. The molecule has 4 nitrogen and oxygen atoms in total. The second-order valence-electron chi connectivity index (χ2n) is 2.57. The molecule has 0 aromatic carbocycles. The van der Waals surface area contributed by atoms with E-state index in [1.54, 1.807) is 0 Å². The summed E-state index contributed by atoms with van der Waals surface area (Å²) in [5.74, 6) is -0.779. The molecule has 0 spiro atoms. The van der Waals surface area contributed by atoms with Crippen LogP contribution in [0.15, 0.2) is 12.3 Å². The zero-order valence-corrected chi connectivity index (χ0v) is 7.91. The van der Waals surface area contributed by atoms with Gasteiger partial charge in [0.05, 0.1) is 26.8 Å². The molecule has 5 heteroatoms. The molecule has 0 radical (unpaired) electrons. The first-order valence-electron chi connectivity index (χ1n) is 3.92. The smallest absolute Gasteiger partial charge is 0.310 e. The lowest BCUT2D eigenvalue weighted by molar-refractivity contribution is -0.139. The molecule has 0 saturated heterocycles. The van der Waals surface area contributed by atoms with Crippen molar-refractivity contribution in [1.29, 1.82) is 0 Å². The van der Waals surface area contributed by atoms with Crippen LogP contribution in [0.4, 0.5) is 4.39 Å². The second-order valence-corrected chi connectivity index (χ2v) is 2.57. The highest BCUT2D eigenvalue weighted by Gasteiger charge is 2.10. The molecule has 0 fully saturated rings. The lowest BCUT2D eigenvalue weighted by Crippen LogP contribution is -2.06. The second kappa shape index (κ2) is 4.55. The van der Waals surface area contributed by atoms with Crippen LogP contribution in [0.1, 0.15) is 5.56 Å². The first-order valence-corrected chi connectivity index (χ1v) is 3.92. The summed E-state index contributed by atoms with van der Waals surface area (Å²) in [5, 5.41) is 0.